The standard InChI is InChI=1S/C18H16ClN7O3/c19-15-12-13(26(28)29)2-3-14(15)18(27)24-10-8-23(9-11-24)16-4-5-17(22-21-16)25-7-1-6-20-25/h1-7,12H,8-11H2. The molecule has 10 nitrogen and oxygen atoms in total. The Kier molecular flexibility index (Phi) is 5.09. The molecule has 11 heteroatoms. The first-order valence-electron chi connectivity index (χ1n) is 8.85. The minimum atomic E-state index is -0.544. The Balaban J connectivity index is 1.40. The minimum Gasteiger partial charge on any atom is -0.352 e. The molecule has 1 aliphatic heterocycles. The lowest BCUT2D eigenvalue weighted by Gasteiger charge is -2.35. The molecule has 1 aliphatic rings. The molecule has 0 saturated carbocycles. The quantitative estimate of drug-likeness (QED) is 0.476. The lowest BCUT2D eigenvalue weighted by molar-refractivity contribution is -0.384. The first-order valence-corrected chi connectivity index (χ1v) is 9.22. The van der Waals surface area contributed by atoms with Crippen LogP contribution < -0.4 is 4.90 Å². The van der Waals surface area contributed by atoms with Gasteiger partial charge in [0.1, 0.15) is 0 Å². The van der Waals surface area contributed by atoms with Crippen molar-refractivity contribution in [2.75, 3.05) is 31.1 Å². The van der Waals surface area contributed by atoms with E-state index >= 15 is 0 Å². The summed E-state index contributed by atoms with van der Waals surface area (Å²) < 4.78 is 1.63. The molecule has 1 amide bonds. The highest BCUT2D eigenvalue weighted by molar-refractivity contribution is 6.34. The number of nitro benzene ring substituents is 1. The second-order valence-electron chi connectivity index (χ2n) is 6.40. The minimum absolute atomic E-state index is 0.0757. The Bertz CT molecular complexity index is 1030. The summed E-state index contributed by atoms with van der Waals surface area (Å²) in [4.78, 5) is 26.7. The average Bonchev–Trinajstić information content (AvgIpc) is 3.28. The number of anilines is 1. The zero-order chi connectivity index (χ0) is 20.4. The van der Waals surface area contributed by atoms with Crippen LogP contribution >= 0.6 is 11.6 Å². The Morgan fingerprint density at radius 1 is 1.07 bits per heavy atom. The van der Waals surface area contributed by atoms with Crippen molar-refractivity contribution < 1.29 is 9.72 Å². The highest BCUT2D eigenvalue weighted by Gasteiger charge is 2.25. The molecule has 0 unspecified atom stereocenters. The summed E-state index contributed by atoms with van der Waals surface area (Å²) >= 11 is 6.08. The number of halogens is 1. The number of aromatic nitrogens is 4. The topological polar surface area (TPSA) is 110 Å². The first kappa shape index (κ1) is 18.8. The lowest BCUT2D eigenvalue weighted by atomic mass is 10.1. The van der Waals surface area contributed by atoms with Crippen LogP contribution in [0.2, 0.25) is 5.02 Å². The van der Waals surface area contributed by atoms with Crippen LogP contribution in [0.15, 0.2) is 48.8 Å². The fourth-order valence-electron chi connectivity index (χ4n) is 3.11. The maximum absolute atomic E-state index is 12.7. The number of benzene rings is 1. The van der Waals surface area contributed by atoms with E-state index in [1.807, 2.05) is 23.1 Å². The van der Waals surface area contributed by atoms with E-state index in [9.17, 15) is 14.9 Å². The van der Waals surface area contributed by atoms with E-state index in [2.05, 4.69) is 15.3 Å². The summed E-state index contributed by atoms with van der Waals surface area (Å²) in [6, 6.07) is 9.39. The average molecular weight is 414 g/mol. The molecule has 4 rings (SSSR count). The Labute approximate surface area is 170 Å². The van der Waals surface area contributed by atoms with E-state index in [0.717, 1.165) is 5.82 Å². The number of hydrogen-bond acceptors (Lipinski definition) is 7. The van der Waals surface area contributed by atoms with Crippen LogP contribution in [-0.2, 0) is 0 Å². The molecule has 0 N–H and O–H groups in total. The molecule has 148 valence electrons. The predicted molar refractivity (Wildman–Crippen MR) is 105 cm³/mol. The third-order valence-corrected chi connectivity index (χ3v) is 4.97. The fourth-order valence-corrected chi connectivity index (χ4v) is 3.37. The summed E-state index contributed by atoms with van der Waals surface area (Å²) in [6.07, 6.45) is 3.46. The third kappa shape index (κ3) is 3.87. The van der Waals surface area contributed by atoms with Crippen molar-refractivity contribution in [2.24, 2.45) is 0 Å². The molecule has 0 bridgehead atoms. The van der Waals surface area contributed by atoms with Gasteiger partial charge in [0, 0.05) is 50.7 Å². The van der Waals surface area contributed by atoms with Gasteiger partial charge in [0.2, 0.25) is 0 Å². The maximum atomic E-state index is 12.7. The van der Waals surface area contributed by atoms with Gasteiger partial charge in [0.15, 0.2) is 11.6 Å². The van der Waals surface area contributed by atoms with Crippen molar-refractivity contribution in [1.29, 1.82) is 0 Å². The Morgan fingerprint density at radius 2 is 1.79 bits per heavy atom. The molecule has 1 saturated heterocycles. The summed E-state index contributed by atoms with van der Waals surface area (Å²) in [5.41, 5.74) is 0.114. The number of amides is 1. The Hall–Kier alpha value is -3.53. The predicted octanol–water partition coefficient (Wildman–Crippen LogP) is 2.19. The van der Waals surface area contributed by atoms with Crippen molar-refractivity contribution in [3.63, 3.8) is 0 Å². The van der Waals surface area contributed by atoms with Gasteiger partial charge in [0.05, 0.1) is 15.5 Å². The fraction of sp³-hybridized carbons (Fsp3) is 0.222. The van der Waals surface area contributed by atoms with E-state index in [4.69, 9.17) is 11.6 Å². The number of carbonyl (C=O) groups is 1. The van der Waals surface area contributed by atoms with Gasteiger partial charge in [-0.05, 0) is 24.3 Å². The van der Waals surface area contributed by atoms with Crippen LogP contribution in [0.4, 0.5) is 11.5 Å². The molecular formula is C18H16ClN7O3. The monoisotopic (exact) mass is 413 g/mol. The zero-order valence-electron chi connectivity index (χ0n) is 15.2. The van der Waals surface area contributed by atoms with E-state index in [1.54, 1.807) is 22.0 Å². The molecule has 3 aromatic rings. The van der Waals surface area contributed by atoms with Crippen LogP contribution in [0.25, 0.3) is 5.82 Å². The van der Waals surface area contributed by atoms with E-state index in [-0.39, 0.29) is 22.2 Å². The number of non-ortho nitro benzene ring substituents is 1. The smallest absolute Gasteiger partial charge is 0.270 e. The molecule has 3 heterocycles. The maximum Gasteiger partial charge on any atom is 0.270 e. The van der Waals surface area contributed by atoms with Crippen LogP contribution in [0.1, 0.15) is 10.4 Å². The number of nitrogens with zero attached hydrogens (tertiary/aromatic N) is 7. The summed E-state index contributed by atoms with van der Waals surface area (Å²) in [7, 11) is 0. The van der Waals surface area contributed by atoms with Gasteiger partial charge >= 0.3 is 0 Å². The largest absolute Gasteiger partial charge is 0.352 e. The van der Waals surface area contributed by atoms with Crippen molar-refractivity contribution in [1.82, 2.24) is 24.9 Å². The van der Waals surface area contributed by atoms with Crippen LogP contribution in [-0.4, -0.2) is 61.9 Å². The highest BCUT2D eigenvalue weighted by Crippen LogP contribution is 2.24. The number of carbonyl (C=O) groups excluding carboxylic acids is 1. The number of nitro groups is 1. The molecule has 29 heavy (non-hydrogen) atoms. The second kappa shape index (κ2) is 7.84. The normalized spacial score (nSPS) is 14.1. The molecule has 1 aromatic carbocycles. The molecule has 0 atom stereocenters. The SMILES string of the molecule is O=C(c1ccc([N+](=O)[O-])cc1Cl)N1CCN(c2ccc(-n3cccn3)nn2)CC1. The van der Waals surface area contributed by atoms with Crippen molar-refractivity contribution >= 4 is 29.0 Å². The molecule has 2 aromatic heterocycles. The lowest BCUT2D eigenvalue weighted by Crippen LogP contribution is -2.49. The van der Waals surface area contributed by atoms with Gasteiger partial charge in [-0.25, -0.2) is 4.68 Å². The summed E-state index contributed by atoms with van der Waals surface area (Å²) in [5.74, 6) is 1.10. The molecule has 1 fully saturated rings. The van der Waals surface area contributed by atoms with Gasteiger partial charge in [-0.2, -0.15) is 5.10 Å². The van der Waals surface area contributed by atoms with Gasteiger partial charge in [-0.15, -0.1) is 10.2 Å². The number of rotatable bonds is 4. The summed E-state index contributed by atoms with van der Waals surface area (Å²) in [5, 5.41) is 23.5. The van der Waals surface area contributed by atoms with E-state index < -0.39 is 4.92 Å². The molecule has 0 aliphatic carbocycles. The Morgan fingerprint density at radius 3 is 2.38 bits per heavy atom. The van der Waals surface area contributed by atoms with Gasteiger partial charge in [-0.1, -0.05) is 11.6 Å². The molecular weight excluding hydrogens is 398 g/mol. The molecule has 0 spiro atoms. The van der Waals surface area contributed by atoms with Crippen LogP contribution in [0.5, 0.6) is 0 Å². The number of hydrogen-bond donors (Lipinski definition) is 0. The van der Waals surface area contributed by atoms with E-state index in [1.165, 1.54) is 18.2 Å². The molecule has 0 radical (unpaired) electrons. The van der Waals surface area contributed by atoms with Gasteiger partial charge in [0.25, 0.3) is 11.6 Å². The zero-order valence-corrected chi connectivity index (χ0v) is 15.9. The van der Waals surface area contributed by atoms with Crippen molar-refractivity contribution in [3.8, 4) is 5.82 Å². The van der Waals surface area contributed by atoms with Gasteiger partial charge in [-0.3, -0.25) is 14.9 Å². The van der Waals surface area contributed by atoms with Crippen LogP contribution in [0.3, 0.4) is 0 Å². The highest BCUT2D eigenvalue weighted by atomic mass is 35.5. The first-order chi connectivity index (χ1) is 14.0. The number of piperazine rings is 1. The third-order valence-electron chi connectivity index (χ3n) is 4.66. The van der Waals surface area contributed by atoms with Crippen LogP contribution in [0, 0.1) is 10.1 Å². The van der Waals surface area contributed by atoms with Crippen molar-refractivity contribution in [3.05, 3.63) is 69.5 Å². The van der Waals surface area contributed by atoms with E-state index in [0.29, 0.717) is 32.0 Å². The second-order valence-corrected chi connectivity index (χ2v) is 6.81. The summed E-state index contributed by atoms with van der Waals surface area (Å²) in [6.45, 7) is 2.14. The van der Waals surface area contributed by atoms with Gasteiger partial charge < -0.3 is 9.80 Å². The van der Waals surface area contributed by atoms with Crippen molar-refractivity contribution in [2.45, 2.75) is 0 Å².